The van der Waals surface area contributed by atoms with Crippen molar-refractivity contribution >= 4 is 33.4 Å². The van der Waals surface area contributed by atoms with Crippen LogP contribution in [0, 0.1) is 6.92 Å². The molecule has 0 aliphatic heterocycles. The lowest BCUT2D eigenvalue weighted by Gasteiger charge is -2.28. The lowest BCUT2D eigenvalue weighted by atomic mass is 9.99. The molecule has 2 rings (SSSR count). The topological polar surface area (TPSA) is 29.1 Å². The minimum Gasteiger partial charge on any atom is -0.345 e. The summed E-state index contributed by atoms with van der Waals surface area (Å²) in [6.45, 7) is 1.95. The van der Waals surface area contributed by atoms with Gasteiger partial charge in [0.05, 0.1) is 5.54 Å². The fraction of sp³-hybridized carbons (Fsp3) is 0.500. The van der Waals surface area contributed by atoms with Crippen molar-refractivity contribution in [2.75, 3.05) is 5.88 Å². The highest BCUT2D eigenvalue weighted by Crippen LogP contribution is 2.31. The van der Waals surface area contributed by atoms with E-state index in [1.54, 1.807) is 0 Å². The number of hydrogen-bond acceptors (Lipinski definition) is 1. The van der Waals surface area contributed by atoms with Crippen molar-refractivity contribution in [1.29, 1.82) is 0 Å². The van der Waals surface area contributed by atoms with Crippen LogP contribution in [0.15, 0.2) is 22.7 Å². The number of nitrogens with one attached hydrogen (secondary N) is 1. The van der Waals surface area contributed by atoms with Crippen LogP contribution in [0.25, 0.3) is 0 Å². The first-order valence-corrected chi connectivity index (χ1v) is 7.54. The van der Waals surface area contributed by atoms with Gasteiger partial charge in [0.2, 0.25) is 0 Å². The molecule has 0 saturated heterocycles. The Kier molecular flexibility index (Phi) is 4.33. The van der Waals surface area contributed by atoms with E-state index < -0.39 is 0 Å². The number of rotatable bonds is 3. The van der Waals surface area contributed by atoms with Crippen molar-refractivity contribution in [2.24, 2.45) is 0 Å². The van der Waals surface area contributed by atoms with E-state index in [1.165, 1.54) is 0 Å². The van der Waals surface area contributed by atoms with Crippen molar-refractivity contribution in [1.82, 2.24) is 5.32 Å². The first kappa shape index (κ1) is 13.9. The molecule has 1 aromatic rings. The first-order valence-electron chi connectivity index (χ1n) is 6.22. The molecule has 0 aromatic heterocycles. The molecule has 0 radical (unpaired) electrons. The number of alkyl halides is 1. The highest BCUT2D eigenvalue weighted by molar-refractivity contribution is 9.10. The Labute approximate surface area is 121 Å². The molecule has 2 nitrogen and oxygen atoms in total. The quantitative estimate of drug-likeness (QED) is 0.833. The molecule has 0 spiro atoms. The van der Waals surface area contributed by atoms with Crippen molar-refractivity contribution in [3.63, 3.8) is 0 Å². The molecule has 1 aliphatic carbocycles. The predicted octanol–water partition coefficient (Wildman–Crippen LogP) is 4.04. The highest BCUT2D eigenvalue weighted by Gasteiger charge is 2.34. The van der Waals surface area contributed by atoms with Crippen LogP contribution in [0.5, 0.6) is 0 Å². The van der Waals surface area contributed by atoms with Crippen LogP contribution in [-0.4, -0.2) is 17.3 Å². The normalized spacial score (nSPS) is 17.7. The molecule has 1 aliphatic rings. The van der Waals surface area contributed by atoms with E-state index in [2.05, 4.69) is 21.2 Å². The number of hydrogen-bond donors (Lipinski definition) is 1. The molecular weight excluding hydrogens is 314 g/mol. The predicted molar refractivity (Wildman–Crippen MR) is 78.3 cm³/mol. The summed E-state index contributed by atoms with van der Waals surface area (Å²) in [5.74, 6) is 0.475. The number of carbonyl (C=O) groups excluding carboxylic acids is 1. The summed E-state index contributed by atoms with van der Waals surface area (Å²) >= 11 is 9.49. The van der Waals surface area contributed by atoms with Gasteiger partial charge in [-0.1, -0.05) is 34.8 Å². The van der Waals surface area contributed by atoms with Gasteiger partial charge in [0.15, 0.2) is 0 Å². The standard InChI is InChI=1S/C14H17BrClNO/c1-10-11(5-4-6-12(10)15)13(18)17-14(9-16)7-2-3-8-14/h4-6H,2-3,7-9H2,1H3,(H,17,18). The molecule has 98 valence electrons. The van der Waals surface area contributed by atoms with Crippen LogP contribution >= 0.6 is 27.5 Å². The van der Waals surface area contributed by atoms with Crippen LogP contribution < -0.4 is 5.32 Å². The summed E-state index contributed by atoms with van der Waals surface area (Å²) < 4.78 is 0.960. The van der Waals surface area contributed by atoms with Crippen molar-refractivity contribution in [3.05, 3.63) is 33.8 Å². The molecular formula is C14H17BrClNO. The fourth-order valence-electron chi connectivity index (χ4n) is 2.51. The van der Waals surface area contributed by atoms with Gasteiger partial charge in [-0.15, -0.1) is 11.6 Å². The summed E-state index contributed by atoms with van der Waals surface area (Å²) in [6, 6.07) is 5.68. The second-order valence-electron chi connectivity index (χ2n) is 4.99. The molecule has 0 unspecified atom stereocenters. The van der Waals surface area contributed by atoms with Gasteiger partial charge in [-0.05, 0) is 37.5 Å². The monoisotopic (exact) mass is 329 g/mol. The number of carbonyl (C=O) groups is 1. The van der Waals surface area contributed by atoms with E-state index in [9.17, 15) is 4.79 Å². The number of halogens is 2. The third-order valence-corrected chi connectivity index (χ3v) is 5.08. The summed E-state index contributed by atoms with van der Waals surface area (Å²) in [5.41, 5.74) is 1.49. The van der Waals surface area contributed by atoms with Gasteiger partial charge in [0, 0.05) is 15.9 Å². The van der Waals surface area contributed by atoms with Crippen LogP contribution in [-0.2, 0) is 0 Å². The van der Waals surface area contributed by atoms with Crippen molar-refractivity contribution in [2.45, 2.75) is 38.1 Å². The third-order valence-electron chi connectivity index (χ3n) is 3.71. The van der Waals surface area contributed by atoms with Crippen LogP contribution in [0.1, 0.15) is 41.6 Å². The SMILES string of the molecule is Cc1c(Br)cccc1C(=O)NC1(CCl)CCCC1. The maximum Gasteiger partial charge on any atom is 0.252 e. The Hall–Kier alpha value is -0.540. The lowest BCUT2D eigenvalue weighted by Crippen LogP contribution is -2.48. The smallest absolute Gasteiger partial charge is 0.252 e. The van der Waals surface area contributed by atoms with E-state index >= 15 is 0 Å². The minimum absolute atomic E-state index is 0.0173. The first-order chi connectivity index (χ1) is 8.58. The summed E-state index contributed by atoms with van der Waals surface area (Å²) in [5, 5.41) is 3.13. The summed E-state index contributed by atoms with van der Waals surface area (Å²) in [6.07, 6.45) is 4.25. The summed E-state index contributed by atoms with van der Waals surface area (Å²) in [4.78, 5) is 12.3. The van der Waals surface area contributed by atoms with E-state index in [-0.39, 0.29) is 11.4 Å². The molecule has 1 amide bonds. The van der Waals surface area contributed by atoms with E-state index in [1.807, 2.05) is 25.1 Å². The zero-order valence-electron chi connectivity index (χ0n) is 10.4. The average Bonchev–Trinajstić information content (AvgIpc) is 2.81. The van der Waals surface area contributed by atoms with Gasteiger partial charge in [0.1, 0.15) is 0 Å². The lowest BCUT2D eigenvalue weighted by molar-refractivity contribution is 0.0908. The van der Waals surface area contributed by atoms with Gasteiger partial charge in [-0.3, -0.25) is 4.79 Å². The summed E-state index contributed by atoms with van der Waals surface area (Å²) in [7, 11) is 0. The second-order valence-corrected chi connectivity index (χ2v) is 6.11. The fourth-order valence-corrected chi connectivity index (χ4v) is 3.21. The molecule has 1 N–H and O–H groups in total. The zero-order chi connectivity index (χ0) is 13.2. The molecule has 4 heteroatoms. The van der Waals surface area contributed by atoms with Gasteiger partial charge in [-0.25, -0.2) is 0 Å². The Balaban J connectivity index is 2.19. The second kappa shape index (κ2) is 5.62. The van der Waals surface area contributed by atoms with Crippen LogP contribution in [0.3, 0.4) is 0 Å². The molecule has 1 saturated carbocycles. The Morgan fingerprint density at radius 1 is 1.44 bits per heavy atom. The van der Waals surface area contributed by atoms with Gasteiger partial charge in [-0.2, -0.15) is 0 Å². The van der Waals surface area contributed by atoms with Gasteiger partial charge >= 0.3 is 0 Å². The molecule has 0 bridgehead atoms. The number of benzene rings is 1. The Bertz CT molecular complexity index is 455. The van der Waals surface area contributed by atoms with Crippen LogP contribution in [0.4, 0.5) is 0 Å². The Morgan fingerprint density at radius 3 is 2.72 bits per heavy atom. The zero-order valence-corrected chi connectivity index (χ0v) is 12.8. The maximum atomic E-state index is 12.3. The van der Waals surface area contributed by atoms with Crippen LogP contribution in [0.2, 0.25) is 0 Å². The van der Waals surface area contributed by atoms with Crippen molar-refractivity contribution < 1.29 is 4.79 Å². The van der Waals surface area contributed by atoms with Crippen molar-refractivity contribution in [3.8, 4) is 0 Å². The Morgan fingerprint density at radius 2 is 2.11 bits per heavy atom. The molecule has 1 aromatic carbocycles. The van der Waals surface area contributed by atoms with E-state index in [4.69, 9.17) is 11.6 Å². The van der Waals surface area contributed by atoms with Gasteiger partial charge in [0.25, 0.3) is 5.91 Å². The molecule has 0 atom stereocenters. The largest absolute Gasteiger partial charge is 0.345 e. The number of amides is 1. The van der Waals surface area contributed by atoms with E-state index in [0.29, 0.717) is 5.88 Å². The maximum absolute atomic E-state index is 12.3. The average molecular weight is 331 g/mol. The third kappa shape index (κ3) is 2.72. The molecule has 18 heavy (non-hydrogen) atoms. The van der Waals surface area contributed by atoms with E-state index in [0.717, 1.165) is 41.3 Å². The highest BCUT2D eigenvalue weighted by atomic mass is 79.9. The molecule has 1 fully saturated rings. The molecule has 0 heterocycles. The minimum atomic E-state index is -0.201. The van der Waals surface area contributed by atoms with Gasteiger partial charge < -0.3 is 5.32 Å².